The molecule has 0 bridgehead atoms. The molecule has 0 radical (unpaired) electrons. The predicted molar refractivity (Wildman–Crippen MR) is 87.9 cm³/mol. The predicted octanol–water partition coefficient (Wildman–Crippen LogP) is 3.95. The molecule has 3 rings (SSSR count). The zero-order chi connectivity index (χ0) is 13.9. The van der Waals surface area contributed by atoms with Gasteiger partial charge in [0.25, 0.3) is 0 Å². The molecule has 0 saturated heterocycles. The number of hydrogen-bond acceptors (Lipinski definition) is 1. The second-order valence-corrected chi connectivity index (χ2v) is 5.82. The standard InChI is InChI=1S/C17H17BrN2/c18-16-4-2-1-3-15(16)12-20-10-8-14-6-5-13(7-9-19)11-17(14)20/h1-6,8,10-11H,7,9,12,19H2. The Bertz CT molecular complexity index is 731. The average Bonchev–Trinajstić information content (AvgIpc) is 2.85. The van der Waals surface area contributed by atoms with E-state index < -0.39 is 0 Å². The summed E-state index contributed by atoms with van der Waals surface area (Å²) in [6, 6.07) is 17.1. The minimum atomic E-state index is 0.691. The van der Waals surface area contributed by atoms with Gasteiger partial charge in [0.05, 0.1) is 0 Å². The Balaban J connectivity index is 1.99. The summed E-state index contributed by atoms with van der Waals surface area (Å²) in [4.78, 5) is 0. The number of nitrogens with two attached hydrogens (primary N) is 1. The highest BCUT2D eigenvalue weighted by Crippen LogP contribution is 2.22. The highest BCUT2D eigenvalue weighted by Gasteiger charge is 2.05. The molecular formula is C17H17BrN2. The van der Waals surface area contributed by atoms with Crippen LogP contribution in [0.3, 0.4) is 0 Å². The SMILES string of the molecule is NCCc1ccc2ccn(Cc3ccccc3Br)c2c1. The van der Waals surface area contributed by atoms with Crippen LogP contribution in [-0.4, -0.2) is 11.1 Å². The molecule has 0 aliphatic carbocycles. The zero-order valence-electron chi connectivity index (χ0n) is 11.2. The van der Waals surface area contributed by atoms with Gasteiger partial charge in [0.15, 0.2) is 0 Å². The fourth-order valence-corrected chi connectivity index (χ4v) is 2.91. The van der Waals surface area contributed by atoms with Crippen molar-refractivity contribution in [2.45, 2.75) is 13.0 Å². The van der Waals surface area contributed by atoms with Gasteiger partial charge in [-0.2, -0.15) is 0 Å². The third kappa shape index (κ3) is 2.65. The molecule has 0 atom stereocenters. The highest BCUT2D eigenvalue weighted by molar-refractivity contribution is 9.10. The van der Waals surface area contributed by atoms with E-state index in [1.165, 1.54) is 22.0 Å². The molecule has 0 aliphatic heterocycles. The van der Waals surface area contributed by atoms with Crippen molar-refractivity contribution in [3.05, 3.63) is 70.3 Å². The number of halogens is 1. The van der Waals surface area contributed by atoms with E-state index in [0.29, 0.717) is 6.54 Å². The van der Waals surface area contributed by atoms with E-state index in [4.69, 9.17) is 5.73 Å². The smallest absolute Gasteiger partial charge is 0.0487 e. The van der Waals surface area contributed by atoms with Crippen molar-refractivity contribution < 1.29 is 0 Å². The second kappa shape index (κ2) is 5.81. The maximum absolute atomic E-state index is 5.65. The van der Waals surface area contributed by atoms with Crippen molar-refractivity contribution in [2.75, 3.05) is 6.54 Å². The molecule has 2 N–H and O–H groups in total. The molecule has 20 heavy (non-hydrogen) atoms. The monoisotopic (exact) mass is 328 g/mol. The lowest BCUT2D eigenvalue weighted by atomic mass is 10.1. The van der Waals surface area contributed by atoms with Gasteiger partial charge >= 0.3 is 0 Å². The molecule has 0 spiro atoms. The topological polar surface area (TPSA) is 30.9 Å². The maximum Gasteiger partial charge on any atom is 0.0487 e. The third-order valence-electron chi connectivity index (χ3n) is 3.57. The van der Waals surface area contributed by atoms with Crippen LogP contribution in [0.5, 0.6) is 0 Å². The summed E-state index contributed by atoms with van der Waals surface area (Å²) in [5.41, 5.74) is 9.50. The van der Waals surface area contributed by atoms with E-state index in [1.807, 2.05) is 6.07 Å². The molecule has 1 aromatic heterocycles. The number of rotatable bonds is 4. The first-order valence-electron chi connectivity index (χ1n) is 6.79. The number of aromatic nitrogens is 1. The van der Waals surface area contributed by atoms with Gasteiger partial charge in [-0.25, -0.2) is 0 Å². The summed E-state index contributed by atoms with van der Waals surface area (Å²) < 4.78 is 3.44. The van der Waals surface area contributed by atoms with E-state index in [0.717, 1.165) is 17.4 Å². The first-order chi connectivity index (χ1) is 9.78. The molecule has 102 valence electrons. The van der Waals surface area contributed by atoms with Crippen molar-refractivity contribution in [3.63, 3.8) is 0 Å². The summed E-state index contributed by atoms with van der Waals surface area (Å²) in [5.74, 6) is 0. The number of hydrogen-bond donors (Lipinski definition) is 1. The maximum atomic E-state index is 5.65. The number of benzene rings is 2. The van der Waals surface area contributed by atoms with Gasteiger partial charge in [-0.05, 0) is 47.7 Å². The molecule has 0 fully saturated rings. The van der Waals surface area contributed by atoms with Crippen LogP contribution in [0.4, 0.5) is 0 Å². The Morgan fingerprint density at radius 3 is 2.70 bits per heavy atom. The van der Waals surface area contributed by atoms with E-state index in [2.05, 4.69) is 69.2 Å². The molecule has 0 unspecified atom stereocenters. The van der Waals surface area contributed by atoms with Crippen LogP contribution in [0, 0.1) is 0 Å². The minimum Gasteiger partial charge on any atom is -0.343 e. The fourth-order valence-electron chi connectivity index (χ4n) is 2.50. The van der Waals surface area contributed by atoms with Crippen LogP contribution < -0.4 is 5.73 Å². The molecule has 3 aromatic rings. The molecular weight excluding hydrogens is 312 g/mol. The van der Waals surface area contributed by atoms with Gasteiger partial charge in [-0.1, -0.05) is 46.3 Å². The van der Waals surface area contributed by atoms with Gasteiger partial charge < -0.3 is 10.3 Å². The van der Waals surface area contributed by atoms with E-state index in [9.17, 15) is 0 Å². The van der Waals surface area contributed by atoms with Crippen LogP contribution in [0.2, 0.25) is 0 Å². The summed E-state index contributed by atoms with van der Waals surface area (Å²) >= 11 is 3.62. The Morgan fingerprint density at radius 2 is 1.90 bits per heavy atom. The average molecular weight is 329 g/mol. The van der Waals surface area contributed by atoms with Crippen LogP contribution in [0.15, 0.2) is 59.2 Å². The van der Waals surface area contributed by atoms with Gasteiger partial charge in [-0.15, -0.1) is 0 Å². The van der Waals surface area contributed by atoms with Crippen LogP contribution in [0.1, 0.15) is 11.1 Å². The molecule has 1 heterocycles. The highest BCUT2D eigenvalue weighted by atomic mass is 79.9. The summed E-state index contributed by atoms with van der Waals surface area (Å²) in [5, 5.41) is 1.28. The van der Waals surface area contributed by atoms with Gasteiger partial charge in [0.2, 0.25) is 0 Å². The minimum absolute atomic E-state index is 0.691. The first-order valence-corrected chi connectivity index (χ1v) is 7.58. The largest absolute Gasteiger partial charge is 0.343 e. The second-order valence-electron chi connectivity index (χ2n) is 4.97. The molecule has 0 aliphatic rings. The van der Waals surface area contributed by atoms with Gasteiger partial charge in [0.1, 0.15) is 0 Å². The van der Waals surface area contributed by atoms with Crippen LogP contribution >= 0.6 is 15.9 Å². The fraction of sp³-hybridized carbons (Fsp3) is 0.176. The Kier molecular flexibility index (Phi) is 3.90. The molecule has 2 aromatic carbocycles. The van der Waals surface area contributed by atoms with Crippen LogP contribution in [-0.2, 0) is 13.0 Å². The molecule has 0 amide bonds. The normalized spacial score (nSPS) is 11.1. The van der Waals surface area contributed by atoms with Crippen LogP contribution in [0.25, 0.3) is 10.9 Å². The Labute approximate surface area is 127 Å². The van der Waals surface area contributed by atoms with Gasteiger partial charge in [0, 0.05) is 22.7 Å². The lowest BCUT2D eigenvalue weighted by molar-refractivity contribution is 0.832. The Morgan fingerprint density at radius 1 is 1.05 bits per heavy atom. The molecule has 2 nitrogen and oxygen atoms in total. The lowest BCUT2D eigenvalue weighted by Crippen LogP contribution is -2.03. The summed E-state index contributed by atoms with van der Waals surface area (Å²) in [6.07, 6.45) is 3.08. The van der Waals surface area contributed by atoms with Crippen molar-refractivity contribution in [3.8, 4) is 0 Å². The molecule has 0 saturated carbocycles. The first kappa shape index (κ1) is 13.4. The number of fused-ring (bicyclic) bond motifs is 1. The van der Waals surface area contributed by atoms with Crippen molar-refractivity contribution >= 4 is 26.8 Å². The van der Waals surface area contributed by atoms with E-state index in [1.54, 1.807) is 0 Å². The Hall–Kier alpha value is -1.58. The quantitative estimate of drug-likeness (QED) is 0.772. The van der Waals surface area contributed by atoms with E-state index >= 15 is 0 Å². The van der Waals surface area contributed by atoms with Crippen molar-refractivity contribution in [2.24, 2.45) is 5.73 Å². The molecule has 3 heteroatoms. The van der Waals surface area contributed by atoms with Gasteiger partial charge in [-0.3, -0.25) is 0 Å². The lowest BCUT2D eigenvalue weighted by Gasteiger charge is -2.08. The van der Waals surface area contributed by atoms with Crippen molar-refractivity contribution in [1.29, 1.82) is 0 Å². The summed E-state index contributed by atoms with van der Waals surface area (Å²) in [7, 11) is 0. The third-order valence-corrected chi connectivity index (χ3v) is 4.34. The number of nitrogens with zero attached hydrogens (tertiary/aromatic N) is 1. The van der Waals surface area contributed by atoms with Crippen molar-refractivity contribution in [1.82, 2.24) is 4.57 Å². The zero-order valence-corrected chi connectivity index (χ0v) is 12.8. The van der Waals surface area contributed by atoms with E-state index in [-0.39, 0.29) is 0 Å². The summed E-state index contributed by atoms with van der Waals surface area (Å²) in [6.45, 7) is 1.56.